The maximum absolute atomic E-state index is 11.5. The third-order valence-corrected chi connectivity index (χ3v) is 4.14. The number of rotatable bonds is 6. The minimum absolute atomic E-state index is 0.0941. The lowest BCUT2D eigenvalue weighted by molar-refractivity contribution is -0.142. The molecule has 2 rings (SSSR count). The fourth-order valence-corrected chi connectivity index (χ4v) is 2.98. The highest BCUT2D eigenvalue weighted by Gasteiger charge is 2.18. The van der Waals surface area contributed by atoms with Crippen LogP contribution in [-0.2, 0) is 16.0 Å². The second-order valence-electron chi connectivity index (χ2n) is 6.05. The van der Waals surface area contributed by atoms with Crippen molar-refractivity contribution in [2.75, 3.05) is 6.61 Å². The van der Waals surface area contributed by atoms with Crippen LogP contribution >= 0.6 is 0 Å². The van der Waals surface area contributed by atoms with Crippen molar-refractivity contribution in [1.82, 2.24) is 20.5 Å². The van der Waals surface area contributed by atoms with Crippen molar-refractivity contribution in [3.8, 4) is 0 Å². The maximum Gasteiger partial charge on any atom is 0.313 e. The number of aromatic nitrogens is 3. The van der Waals surface area contributed by atoms with E-state index in [4.69, 9.17) is 4.74 Å². The van der Waals surface area contributed by atoms with Crippen LogP contribution in [0.25, 0.3) is 0 Å². The zero-order valence-electron chi connectivity index (χ0n) is 13.7. The smallest absolute Gasteiger partial charge is 0.313 e. The van der Waals surface area contributed by atoms with Gasteiger partial charge in [0, 0.05) is 6.04 Å². The van der Waals surface area contributed by atoms with E-state index in [0.717, 1.165) is 5.82 Å². The molecular weight excluding hydrogens is 280 g/mol. The van der Waals surface area contributed by atoms with Gasteiger partial charge in [0.1, 0.15) is 12.2 Å². The van der Waals surface area contributed by atoms with Gasteiger partial charge in [0.25, 0.3) is 0 Å². The highest BCUT2D eigenvalue weighted by Crippen LogP contribution is 2.19. The average Bonchev–Trinajstić information content (AvgIpc) is 2.90. The normalized spacial score (nSPS) is 18.5. The summed E-state index contributed by atoms with van der Waals surface area (Å²) in [5.41, 5.74) is 0. The number of esters is 1. The van der Waals surface area contributed by atoms with Crippen molar-refractivity contribution in [1.29, 1.82) is 0 Å². The highest BCUT2D eigenvalue weighted by molar-refractivity contribution is 5.71. The number of hydrogen-bond donors (Lipinski definition) is 2. The largest absolute Gasteiger partial charge is 0.466 e. The summed E-state index contributed by atoms with van der Waals surface area (Å²) in [7, 11) is 0. The molecule has 1 aromatic rings. The van der Waals surface area contributed by atoms with Gasteiger partial charge >= 0.3 is 5.97 Å². The van der Waals surface area contributed by atoms with Crippen LogP contribution in [0.1, 0.15) is 76.5 Å². The van der Waals surface area contributed by atoms with Crippen LogP contribution in [0.4, 0.5) is 0 Å². The summed E-state index contributed by atoms with van der Waals surface area (Å²) >= 11 is 0. The predicted molar refractivity (Wildman–Crippen MR) is 84.4 cm³/mol. The third kappa shape index (κ3) is 5.40. The fraction of sp³-hybridized carbons (Fsp3) is 0.812. The number of nitrogens with zero attached hydrogens (tertiary/aromatic N) is 2. The van der Waals surface area contributed by atoms with Gasteiger partial charge in [-0.15, -0.1) is 0 Å². The van der Waals surface area contributed by atoms with Gasteiger partial charge in [-0.05, 0) is 26.7 Å². The van der Waals surface area contributed by atoms with E-state index in [-0.39, 0.29) is 18.4 Å². The first-order chi connectivity index (χ1) is 10.7. The lowest BCUT2D eigenvalue weighted by Gasteiger charge is -2.23. The first-order valence-electron chi connectivity index (χ1n) is 8.52. The lowest BCUT2D eigenvalue weighted by Crippen LogP contribution is -2.32. The van der Waals surface area contributed by atoms with Crippen LogP contribution in [0.2, 0.25) is 0 Å². The van der Waals surface area contributed by atoms with Crippen molar-refractivity contribution in [3.63, 3.8) is 0 Å². The molecule has 0 radical (unpaired) electrons. The Morgan fingerprint density at radius 1 is 1.32 bits per heavy atom. The number of nitrogens with one attached hydrogen (secondary N) is 2. The zero-order valence-corrected chi connectivity index (χ0v) is 13.7. The summed E-state index contributed by atoms with van der Waals surface area (Å²) in [6, 6.07) is 0.638. The van der Waals surface area contributed by atoms with E-state index in [0.29, 0.717) is 18.5 Å². The fourth-order valence-electron chi connectivity index (χ4n) is 2.98. The molecule has 1 saturated carbocycles. The van der Waals surface area contributed by atoms with Gasteiger partial charge in [0.15, 0.2) is 5.82 Å². The van der Waals surface area contributed by atoms with Crippen LogP contribution in [0.15, 0.2) is 0 Å². The molecule has 6 heteroatoms. The number of aromatic amines is 1. The summed E-state index contributed by atoms with van der Waals surface area (Å²) in [5, 5.41) is 10.7. The molecule has 0 saturated heterocycles. The summed E-state index contributed by atoms with van der Waals surface area (Å²) in [6.07, 6.45) is 9.26. The minimum Gasteiger partial charge on any atom is -0.466 e. The first-order valence-corrected chi connectivity index (χ1v) is 8.52. The quantitative estimate of drug-likeness (QED) is 0.790. The molecule has 1 atom stereocenters. The van der Waals surface area contributed by atoms with E-state index in [9.17, 15) is 4.79 Å². The molecule has 0 aliphatic heterocycles. The molecule has 1 aromatic heterocycles. The minimum atomic E-state index is -0.272. The standard InChI is InChI=1S/C16H28N4O2/c1-3-22-15(21)11-14-18-16(20-19-14)12(2)17-13-9-7-5-4-6-8-10-13/h12-13,17H,3-11H2,1-2H3,(H,18,19,20)/t12-/m1/s1. The Kier molecular flexibility index (Phi) is 6.83. The van der Waals surface area contributed by atoms with E-state index in [2.05, 4.69) is 27.4 Å². The monoisotopic (exact) mass is 308 g/mol. The molecule has 1 aliphatic carbocycles. The Labute approximate surface area is 132 Å². The van der Waals surface area contributed by atoms with Crippen LogP contribution in [0.5, 0.6) is 0 Å². The number of carbonyl (C=O) groups excluding carboxylic acids is 1. The predicted octanol–water partition coefficient (Wildman–Crippen LogP) is 2.67. The Hall–Kier alpha value is -1.43. The van der Waals surface area contributed by atoms with E-state index in [1.807, 2.05) is 0 Å². The van der Waals surface area contributed by atoms with Crippen LogP contribution in [0.3, 0.4) is 0 Å². The van der Waals surface area contributed by atoms with Crippen molar-refractivity contribution >= 4 is 5.97 Å². The van der Waals surface area contributed by atoms with Crippen molar-refractivity contribution < 1.29 is 9.53 Å². The molecule has 0 amide bonds. The average molecular weight is 308 g/mol. The van der Waals surface area contributed by atoms with E-state index in [1.54, 1.807) is 6.92 Å². The Morgan fingerprint density at radius 2 is 2.00 bits per heavy atom. The first kappa shape index (κ1) is 16.9. The molecule has 1 aliphatic rings. The zero-order chi connectivity index (χ0) is 15.8. The summed E-state index contributed by atoms with van der Waals surface area (Å²) < 4.78 is 4.92. The third-order valence-electron chi connectivity index (χ3n) is 4.14. The molecule has 0 unspecified atom stereocenters. The Balaban J connectivity index is 1.85. The van der Waals surface area contributed by atoms with E-state index in [1.165, 1.54) is 44.9 Å². The van der Waals surface area contributed by atoms with Crippen molar-refractivity contribution in [2.24, 2.45) is 0 Å². The topological polar surface area (TPSA) is 79.9 Å². The van der Waals surface area contributed by atoms with Crippen molar-refractivity contribution in [2.45, 2.75) is 77.3 Å². The summed E-state index contributed by atoms with van der Waals surface area (Å²) in [5.74, 6) is 1.02. The molecule has 0 bridgehead atoms. The van der Waals surface area contributed by atoms with Gasteiger partial charge in [-0.25, -0.2) is 4.98 Å². The van der Waals surface area contributed by atoms with Gasteiger partial charge in [-0.2, -0.15) is 5.10 Å². The van der Waals surface area contributed by atoms with Gasteiger partial charge in [-0.1, -0.05) is 32.1 Å². The number of hydrogen-bond acceptors (Lipinski definition) is 5. The van der Waals surface area contributed by atoms with Crippen molar-refractivity contribution in [3.05, 3.63) is 11.6 Å². The van der Waals surface area contributed by atoms with E-state index >= 15 is 0 Å². The van der Waals surface area contributed by atoms with Crippen LogP contribution in [-0.4, -0.2) is 33.8 Å². The Morgan fingerprint density at radius 3 is 2.68 bits per heavy atom. The van der Waals surface area contributed by atoms with Crippen LogP contribution in [0, 0.1) is 0 Å². The number of ether oxygens (including phenoxy) is 1. The van der Waals surface area contributed by atoms with Gasteiger partial charge in [-0.3, -0.25) is 9.89 Å². The maximum atomic E-state index is 11.5. The van der Waals surface area contributed by atoms with E-state index < -0.39 is 0 Å². The second kappa shape index (κ2) is 8.88. The van der Waals surface area contributed by atoms with Gasteiger partial charge in [0.05, 0.1) is 12.6 Å². The molecule has 6 nitrogen and oxygen atoms in total. The molecule has 2 N–H and O–H groups in total. The SMILES string of the molecule is CCOC(=O)Cc1nc([C@@H](C)NC2CCCCCCC2)n[nH]1. The highest BCUT2D eigenvalue weighted by atomic mass is 16.5. The molecule has 1 fully saturated rings. The van der Waals surface area contributed by atoms with Gasteiger partial charge < -0.3 is 10.1 Å². The molecule has 0 aromatic carbocycles. The second-order valence-corrected chi connectivity index (χ2v) is 6.05. The summed E-state index contributed by atoms with van der Waals surface area (Å²) in [4.78, 5) is 15.9. The van der Waals surface area contributed by atoms with Crippen LogP contribution < -0.4 is 5.32 Å². The molecular formula is C16H28N4O2. The summed E-state index contributed by atoms with van der Waals surface area (Å²) in [6.45, 7) is 4.26. The van der Waals surface area contributed by atoms with Gasteiger partial charge in [0.2, 0.25) is 0 Å². The molecule has 0 spiro atoms. The lowest BCUT2D eigenvalue weighted by atomic mass is 9.96. The molecule has 1 heterocycles. The number of H-pyrrole nitrogens is 1. The molecule has 22 heavy (non-hydrogen) atoms. The molecule has 124 valence electrons. The number of carbonyl (C=O) groups is 1. The Bertz CT molecular complexity index is 453.